The Hall–Kier alpha value is -2.34. The third-order valence-electron chi connectivity index (χ3n) is 6.33. The van der Waals surface area contributed by atoms with E-state index in [2.05, 4.69) is 31.3 Å². The monoisotopic (exact) mass is 423 g/mol. The van der Waals surface area contributed by atoms with Crippen molar-refractivity contribution in [2.75, 3.05) is 25.1 Å². The van der Waals surface area contributed by atoms with Gasteiger partial charge in [-0.1, -0.05) is 25.3 Å². The van der Waals surface area contributed by atoms with Crippen LogP contribution in [0.5, 0.6) is 11.5 Å². The maximum atomic E-state index is 5.72. The van der Waals surface area contributed by atoms with E-state index in [4.69, 9.17) is 19.4 Å². The highest BCUT2D eigenvalue weighted by atomic mass is 32.1. The molecule has 1 fully saturated rings. The standard InChI is InChI=1S/C24H29N3O2S/c1-15-16(2)30-24-21(15)23(26-22(27-24)18-6-4-3-5-7-18)25-11-10-17-8-9-19-20(14-17)29-13-12-28-19/h8-9,14,18H,3-7,10-13H2,1-2H3,(H,25,26,27). The molecule has 3 aromatic rings. The Kier molecular flexibility index (Phi) is 5.50. The SMILES string of the molecule is Cc1sc2nc(C3CCCCC3)nc(NCCc3ccc4c(c3)OCCO4)c2c1C. The lowest BCUT2D eigenvalue weighted by Crippen LogP contribution is -2.16. The van der Waals surface area contributed by atoms with Gasteiger partial charge in [0.15, 0.2) is 11.5 Å². The molecule has 6 heteroatoms. The summed E-state index contributed by atoms with van der Waals surface area (Å²) in [5.41, 5.74) is 2.54. The minimum atomic E-state index is 0.504. The molecule has 1 saturated carbocycles. The largest absolute Gasteiger partial charge is 0.486 e. The smallest absolute Gasteiger partial charge is 0.161 e. The quantitative estimate of drug-likeness (QED) is 0.564. The topological polar surface area (TPSA) is 56.3 Å². The molecule has 5 nitrogen and oxygen atoms in total. The lowest BCUT2D eigenvalue weighted by Gasteiger charge is -2.21. The summed E-state index contributed by atoms with van der Waals surface area (Å²) in [6.07, 6.45) is 7.26. The van der Waals surface area contributed by atoms with Gasteiger partial charge in [0.25, 0.3) is 0 Å². The fourth-order valence-electron chi connectivity index (χ4n) is 4.51. The molecule has 0 saturated heterocycles. The van der Waals surface area contributed by atoms with E-state index < -0.39 is 0 Å². The lowest BCUT2D eigenvalue weighted by atomic mass is 9.88. The molecule has 0 amide bonds. The molecule has 0 unspecified atom stereocenters. The molecular weight excluding hydrogens is 394 g/mol. The maximum absolute atomic E-state index is 5.72. The minimum absolute atomic E-state index is 0.504. The summed E-state index contributed by atoms with van der Waals surface area (Å²) in [6.45, 7) is 6.43. The molecule has 2 aliphatic rings. The zero-order valence-electron chi connectivity index (χ0n) is 17.8. The second-order valence-electron chi connectivity index (χ2n) is 8.38. The fourth-order valence-corrected chi connectivity index (χ4v) is 5.54. The predicted octanol–water partition coefficient (Wildman–Crippen LogP) is 5.78. The van der Waals surface area contributed by atoms with Gasteiger partial charge in [0, 0.05) is 17.3 Å². The number of fused-ring (bicyclic) bond motifs is 2. The summed E-state index contributed by atoms with van der Waals surface area (Å²) in [5.74, 6) is 4.23. The minimum Gasteiger partial charge on any atom is -0.486 e. The van der Waals surface area contributed by atoms with Crippen LogP contribution in [0.4, 0.5) is 5.82 Å². The van der Waals surface area contributed by atoms with Crippen molar-refractivity contribution in [1.82, 2.24) is 9.97 Å². The summed E-state index contributed by atoms with van der Waals surface area (Å²) in [4.78, 5) is 12.5. The van der Waals surface area contributed by atoms with Crippen molar-refractivity contribution in [2.24, 2.45) is 0 Å². The Balaban J connectivity index is 1.37. The molecule has 1 aliphatic heterocycles. The summed E-state index contributed by atoms with van der Waals surface area (Å²) in [6, 6.07) is 6.23. The van der Waals surface area contributed by atoms with Gasteiger partial charge < -0.3 is 14.8 Å². The van der Waals surface area contributed by atoms with Crippen LogP contribution in [0.1, 0.15) is 59.9 Å². The number of aromatic nitrogens is 2. The zero-order chi connectivity index (χ0) is 20.5. The van der Waals surface area contributed by atoms with Crippen LogP contribution in [0.3, 0.4) is 0 Å². The molecule has 1 aliphatic carbocycles. The van der Waals surface area contributed by atoms with Crippen LogP contribution in [-0.4, -0.2) is 29.7 Å². The van der Waals surface area contributed by atoms with E-state index in [0.29, 0.717) is 19.1 Å². The number of nitrogens with one attached hydrogen (secondary N) is 1. The van der Waals surface area contributed by atoms with Gasteiger partial charge in [-0.05, 0) is 56.4 Å². The van der Waals surface area contributed by atoms with Gasteiger partial charge >= 0.3 is 0 Å². The molecule has 0 bridgehead atoms. The van der Waals surface area contributed by atoms with E-state index in [1.54, 1.807) is 11.3 Å². The molecule has 3 heterocycles. The fraction of sp³-hybridized carbons (Fsp3) is 0.500. The maximum Gasteiger partial charge on any atom is 0.161 e. The van der Waals surface area contributed by atoms with Crippen molar-refractivity contribution in [3.8, 4) is 11.5 Å². The highest BCUT2D eigenvalue weighted by molar-refractivity contribution is 7.18. The van der Waals surface area contributed by atoms with E-state index in [1.165, 1.54) is 53.5 Å². The average Bonchev–Trinajstić information content (AvgIpc) is 3.08. The molecule has 1 aromatic carbocycles. The molecule has 0 atom stereocenters. The van der Waals surface area contributed by atoms with Crippen molar-refractivity contribution in [1.29, 1.82) is 0 Å². The van der Waals surface area contributed by atoms with E-state index in [9.17, 15) is 0 Å². The van der Waals surface area contributed by atoms with E-state index in [-0.39, 0.29) is 0 Å². The third kappa shape index (κ3) is 3.85. The number of nitrogens with zero attached hydrogens (tertiary/aromatic N) is 2. The molecule has 0 radical (unpaired) electrons. The number of benzene rings is 1. The normalized spacial score (nSPS) is 16.7. The Bertz CT molecular complexity index is 1060. The first-order chi connectivity index (χ1) is 14.7. The van der Waals surface area contributed by atoms with Crippen LogP contribution in [0.25, 0.3) is 10.2 Å². The highest BCUT2D eigenvalue weighted by Gasteiger charge is 2.22. The second kappa shape index (κ2) is 8.42. The Morgan fingerprint density at radius 2 is 1.83 bits per heavy atom. The first-order valence-corrected chi connectivity index (χ1v) is 11.9. The number of thiophene rings is 1. The molecule has 30 heavy (non-hydrogen) atoms. The van der Waals surface area contributed by atoms with Gasteiger partial charge in [0.1, 0.15) is 29.7 Å². The van der Waals surface area contributed by atoms with Gasteiger partial charge in [0.2, 0.25) is 0 Å². The number of ether oxygens (including phenoxy) is 2. The van der Waals surface area contributed by atoms with E-state index >= 15 is 0 Å². The Morgan fingerprint density at radius 1 is 1.03 bits per heavy atom. The summed E-state index contributed by atoms with van der Waals surface area (Å²) in [7, 11) is 0. The number of anilines is 1. The summed E-state index contributed by atoms with van der Waals surface area (Å²) in [5, 5.41) is 4.83. The van der Waals surface area contributed by atoms with Crippen LogP contribution < -0.4 is 14.8 Å². The second-order valence-corrected chi connectivity index (χ2v) is 9.59. The van der Waals surface area contributed by atoms with Gasteiger partial charge in [-0.3, -0.25) is 0 Å². The number of hydrogen-bond donors (Lipinski definition) is 1. The third-order valence-corrected chi connectivity index (χ3v) is 7.43. The Labute approximate surface area is 181 Å². The van der Waals surface area contributed by atoms with Crippen LogP contribution in [0.15, 0.2) is 18.2 Å². The predicted molar refractivity (Wildman–Crippen MR) is 122 cm³/mol. The van der Waals surface area contributed by atoms with Gasteiger partial charge in [0.05, 0.1) is 5.39 Å². The summed E-state index contributed by atoms with van der Waals surface area (Å²) < 4.78 is 11.4. The van der Waals surface area contributed by atoms with Crippen LogP contribution in [0.2, 0.25) is 0 Å². The molecule has 0 spiro atoms. The van der Waals surface area contributed by atoms with Gasteiger partial charge in [-0.2, -0.15) is 0 Å². The average molecular weight is 424 g/mol. The van der Waals surface area contributed by atoms with Crippen LogP contribution in [0, 0.1) is 13.8 Å². The van der Waals surface area contributed by atoms with Gasteiger partial charge in [-0.25, -0.2) is 9.97 Å². The Morgan fingerprint density at radius 3 is 2.67 bits per heavy atom. The highest BCUT2D eigenvalue weighted by Crippen LogP contribution is 2.37. The first kappa shape index (κ1) is 19.6. The van der Waals surface area contributed by atoms with Crippen LogP contribution >= 0.6 is 11.3 Å². The summed E-state index contributed by atoms with van der Waals surface area (Å²) >= 11 is 1.79. The van der Waals surface area contributed by atoms with Crippen molar-refractivity contribution in [3.05, 3.63) is 40.0 Å². The van der Waals surface area contributed by atoms with Crippen molar-refractivity contribution < 1.29 is 9.47 Å². The van der Waals surface area contributed by atoms with Crippen molar-refractivity contribution >= 4 is 27.4 Å². The first-order valence-electron chi connectivity index (χ1n) is 11.1. The number of aryl methyl sites for hydroxylation is 2. The molecule has 1 N–H and O–H groups in total. The molecule has 2 aromatic heterocycles. The number of hydrogen-bond acceptors (Lipinski definition) is 6. The molecule has 5 rings (SSSR count). The molecule has 158 valence electrons. The number of rotatable bonds is 5. The van der Waals surface area contributed by atoms with Crippen molar-refractivity contribution in [2.45, 2.75) is 58.3 Å². The van der Waals surface area contributed by atoms with Crippen molar-refractivity contribution in [3.63, 3.8) is 0 Å². The lowest BCUT2D eigenvalue weighted by molar-refractivity contribution is 0.171. The zero-order valence-corrected chi connectivity index (χ0v) is 18.6. The van der Waals surface area contributed by atoms with E-state index in [0.717, 1.165) is 40.9 Å². The molecular formula is C24H29N3O2S. The van der Waals surface area contributed by atoms with Crippen LogP contribution in [-0.2, 0) is 6.42 Å². The van der Waals surface area contributed by atoms with E-state index in [1.807, 2.05) is 6.07 Å². The van der Waals surface area contributed by atoms with Gasteiger partial charge in [-0.15, -0.1) is 11.3 Å².